The van der Waals surface area contributed by atoms with Crippen molar-refractivity contribution in [2.45, 2.75) is 13.0 Å². The Bertz CT molecular complexity index is 1560. The van der Waals surface area contributed by atoms with Gasteiger partial charge in [0.1, 0.15) is 6.33 Å². The summed E-state index contributed by atoms with van der Waals surface area (Å²) < 4.78 is 7.53. The molecule has 1 saturated heterocycles. The quantitative estimate of drug-likeness (QED) is 0.364. The molecule has 4 heterocycles. The van der Waals surface area contributed by atoms with Crippen LogP contribution in [0.2, 0.25) is 0 Å². The third kappa shape index (κ3) is 4.33. The maximum atomic E-state index is 5.50. The number of hydrogen-bond donors (Lipinski definition) is 1. The Morgan fingerprint density at radius 3 is 2.29 bits per heavy atom. The first-order valence-corrected chi connectivity index (χ1v) is 13.1. The molecule has 2 aromatic heterocycles. The summed E-state index contributed by atoms with van der Waals surface area (Å²) in [5, 5.41) is 3.54. The number of benzene rings is 3. The van der Waals surface area contributed by atoms with E-state index in [0.29, 0.717) is 11.8 Å². The highest BCUT2D eigenvalue weighted by Crippen LogP contribution is 2.30. The fraction of sp³-hybridized carbons (Fsp3) is 0.233. The number of para-hydroxylation sites is 1. The van der Waals surface area contributed by atoms with Crippen molar-refractivity contribution in [3.05, 3.63) is 96.3 Å². The van der Waals surface area contributed by atoms with Gasteiger partial charge in [-0.2, -0.15) is 9.97 Å². The number of nitrogens with zero attached hydrogens (tertiary/aromatic N) is 6. The van der Waals surface area contributed by atoms with Crippen molar-refractivity contribution in [1.29, 1.82) is 0 Å². The fourth-order valence-electron chi connectivity index (χ4n) is 5.27. The molecule has 190 valence electrons. The van der Waals surface area contributed by atoms with E-state index in [2.05, 4.69) is 75.8 Å². The van der Waals surface area contributed by atoms with Gasteiger partial charge in [-0.1, -0.05) is 42.5 Å². The number of ether oxygens (including phenoxy) is 1. The molecule has 0 bridgehead atoms. The van der Waals surface area contributed by atoms with E-state index in [4.69, 9.17) is 19.7 Å². The van der Waals surface area contributed by atoms with Crippen molar-refractivity contribution in [2.24, 2.45) is 0 Å². The Morgan fingerprint density at radius 2 is 1.47 bits per heavy atom. The zero-order chi connectivity index (χ0) is 25.3. The van der Waals surface area contributed by atoms with Gasteiger partial charge >= 0.3 is 0 Å². The molecule has 38 heavy (non-hydrogen) atoms. The molecular formula is C30H29N7O. The second kappa shape index (κ2) is 9.79. The fourth-order valence-corrected chi connectivity index (χ4v) is 5.27. The first-order chi connectivity index (χ1) is 18.8. The van der Waals surface area contributed by atoms with Gasteiger partial charge in [0.05, 0.1) is 13.2 Å². The van der Waals surface area contributed by atoms with Crippen LogP contribution in [0.1, 0.15) is 11.1 Å². The predicted molar refractivity (Wildman–Crippen MR) is 151 cm³/mol. The summed E-state index contributed by atoms with van der Waals surface area (Å²) in [5.74, 6) is 1.41. The third-order valence-corrected chi connectivity index (χ3v) is 7.34. The molecule has 0 aliphatic carbocycles. The molecule has 0 spiro atoms. The molecule has 0 saturated carbocycles. The van der Waals surface area contributed by atoms with E-state index >= 15 is 0 Å². The number of fused-ring (bicyclic) bond motifs is 2. The Hall–Kier alpha value is -4.43. The van der Waals surface area contributed by atoms with Crippen molar-refractivity contribution in [3.8, 4) is 5.69 Å². The van der Waals surface area contributed by atoms with Gasteiger partial charge in [-0.25, -0.2) is 4.98 Å². The molecule has 0 atom stereocenters. The summed E-state index contributed by atoms with van der Waals surface area (Å²) in [5.41, 5.74) is 7.44. The largest absolute Gasteiger partial charge is 0.378 e. The lowest BCUT2D eigenvalue weighted by Gasteiger charge is -2.29. The smallest absolute Gasteiger partial charge is 0.229 e. The van der Waals surface area contributed by atoms with Crippen LogP contribution in [-0.4, -0.2) is 52.4 Å². The standard InChI is InChI=1S/C30H29N7O/c1-2-8-26(9-3-1)37-21-31-27-28(32-24-10-12-25(13-11-24)35-16-18-38-19-17-35)33-30(34-29(27)37)36-15-14-22-6-4-5-7-23(22)20-36/h1-13,21H,14-20H2,(H,32,33,34). The molecule has 0 radical (unpaired) electrons. The first-order valence-electron chi connectivity index (χ1n) is 13.1. The average molecular weight is 504 g/mol. The van der Waals surface area contributed by atoms with Gasteiger partial charge in [-0.3, -0.25) is 4.57 Å². The number of nitrogens with one attached hydrogen (secondary N) is 1. The van der Waals surface area contributed by atoms with E-state index < -0.39 is 0 Å². The maximum Gasteiger partial charge on any atom is 0.229 e. The SMILES string of the molecule is c1ccc(-n2cnc3c(Nc4ccc(N5CCOCC5)cc4)nc(N4CCc5ccccc5C4)nc32)cc1. The summed E-state index contributed by atoms with van der Waals surface area (Å²) in [6, 6.07) is 27.3. The number of morpholine rings is 1. The molecule has 7 rings (SSSR count). The van der Waals surface area contributed by atoms with Crippen molar-refractivity contribution in [1.82, 2.24) is 19.5 Å². The monoisotopic (exact) mass is 503 g/mol. The number of rotatable bonds is 5. The summed E-state index contributed by atoms with van der Waals surface area (Å²) in [7, 11) is 0. The molecule has 8 nitrogen and oxygen atoms in total. The van der Waals surface area contributed by atoms with Gasteiger partial charge in [-0.15, -0.1) is 0 Å². The number of imidazole rings is 1. The van der Waals surface area contributed by atoms with Crippen molar-refractivity contribution < 1.29 is 4.74 Å². The van der Waals surface area contributed by atoms with Crippen molar-refractivity contribution in [2.75, 3.05) is 48.0 Å². The zero-order valence-electron chi connectivity index (χ0n) is 21.1. The molecule has 5 aromatic rings. The molecular weight excluding hydrogens is 474 g/mol. The third-order valence-electron chi connectivity index (χ3n) is 7.34. The summed E-state index contributed by atoms with van der Waals surface area (Å²) in [6.07, 6.45) is 2.80. The molecule has 1 N–H and O–H groups in total. The molecule has 1 fully saturated rings. The van der Waals surface area contributed by atoms with Gasteiger partial charge < -0.3 is 19.9 Å². The van der Waals surface area contributed by atoms with E-state index in [1.54, 1.807) is 0 Å². The van der Waals surface area contributed by atoms with Crippen LogP contribution >= 0.6 is 0 Å². The number of anilines is 4. The zero-order valence-corrected chi connectivity index (χ0v) is 21.1. The minimum atomic E-state index is 0.706. The summed E-state index contributed by atoms with van der Waals surface area (Å²) >= 11 is 0. The highest BCUT2D eigenvalue weighted by Gasteiger charge is 2.22. The summed E-state index contributed by atoms with van der Waals surface area (Å²) in [4.78, 5) is 19.4. The van der Waals surface area contributed by atoms with Crippen molar-refractivity contribution >= 4 is 34.3 Å². The van der Waals surface area contributed by atoms with E-state index in [9.17, 15) is 0 Å². The summed E-state index contributed by atoms with van der Waals surface area (Å²) in [6.45, 7) is 5.03. The van der Waals surface area contributed by atoms with E-state index in [-0.39, 0.29) is 0 Å². The van der Waals surface area contributed by atoms with Gasteiger partial charge in [0.25, 0.3) is 0 Å². The van der Waals surface area contributed by atoms with Crippen LogP contribution in [-0.2, 0) is 17.7 Å². The Balaban J connectivity index is 1.26. The van der Waals surface area contributed by atoms with Crippen LogP contribution in [0.5, 0.6) is 0 Å². The average Bonchev–Trinajstić information content (AvgIpc) is 3.43. The van der Waals surface area contributed by atoms with E-state index in [0.717, 1.165) is 68.4 Å². The molecule has 2 aliphatic rings. The topological polar surface area (TPSA) is 71.3 Å². The molecule has 0 unspecified atom stereocenters. The van der Waals surface area contributed by atoms with Crippen molar-refractivity contribution in [3.63, 3.8) is 0 Å². The lowest BCUT2D eigenvalue weighted by molar-refractivity contribution is 0.122. The van der Waals surface area contributed by atoms with Crippen LogP contribution < -0.4 is 15.1 Å². The van der Waals surface area contributed by atoms with Crippen LogP contribution in [0, 0.1) is 0 Å². The highest BCUT2D eigenvalue weighted by atomic mass is 16.5. The highest BCUT2D eigenvalue weighted by molar-refractivity contribution is 5.87. The number of aromatic nitrogens is 4. The van der Waals surface area contributed by atoms with Gasteiger partial charge in [-0.05, 0) is 53.9 Å². The Labute approximate surface area is 221 Å². The minimum Gasteiger partial charge on any atom is -0.378 e. The second-order valence-electron chi connectivity index (χ2n) is 9.71. The maximum absolute atomic E-state index is 5.50. The number of hydrogen-bond acceptors (Lipinski definition) is 7. The minimum absolute atomic E-state index is 0.706. The van der Waals surface area contributed by atoms with Gasteiger partial charge in [0, 0.05) is 43.2 Å². The lowest BCUT2D eigenvalue weighted by Crippen LogP contribution is -2.36. The van der Waals surface area contributed by atoms with E-state index in [1.807, 2.05) is 29.1 Å². The molecule has 0 amide bonds. The lowest BCUT2D eigenvalue weighted by atomic mass is 10.0. The van der Waals surface area contributed by atoms with Gasteiger partial charge in [0.15, 0.2) is 17.0 Å². The molecule has 8 heteroatoms. The van der Waals surface area contributed by atoms with Gasteiger partial charge in [0.2, 0.25) is 5.95 Å². The Kier molecular flexibility index (Phi) is 5.86. The first kappa shape index (κ1) is 22.7. The Morgan fingerprint density at radius 1 is 0.711 bits per heavy atom. The second-order valence-corrected chi connectivity index (χ2v) is 9.71. The predicted octanol–water partition coefficient (Wildman–Crippen LogP) is 4.96. The normalized spacial score (nSPS) is 15.5. The van der Waals surface area contributed by atoms with Crippen LogP contribution in [0.3, 0.4) is 0 Å². The van der Waals surface area contributed by atoms with Crippen LogP contribution in [0.25, 0.3) is 16.9 Å². The van der Waals surface area contributed by atoms with E-state index in [1.165, 1.54) is 16.8 Å². The molecule has 2 aliphatic heterocycles. The van der Waals surface area contributed by atoms with Crippen LogP contribution in [0.4, 0.5) is 23.1 Å². The molecule has 3 aromatic carbocycles. The van der Waals surface area contributed by atoms with Crippen LogP contribution in [0.15, 0.2) is 85.2 Å².